The van der Waals surface area contributed by atoms with Crippen LogP contribution in [-0.4, -0.2) is 11.7 Å². The van der Waals surface area contributed by atoms with Crippen molar-refractivity contribution in [2.75, 3.05) is 7.11 Å². The normalized spacial score (nSPS) is 10.7. The lowest BCUT2D eigenvalue weighted by atomic mass is 10.1. The molecule has 4 heteroatoms. The highest BCUT2D eigenvalue weighted by atomic mass is 16.5. The van der Waals surface area contributed by atoms with E-state index in [1.165, 1.54) is 0 Å². The Morgan fingerprint density at radius 2 is 1.70 bits per heavy atom. The van der Waals surface area contributed by atoms with Gasteiger partial charge in [0, 0.05) is 18.1 Å². The van der Waals surface area contributed by atoms with Gasteiger partial charge in [-0.2, -0.15) is 0 Å². The lowest BCUT2D eigenvalue weighted by Crippen LogP contribution is -2.19. The maximum Gasteiger partial charge on any atom is 0.258 e. The number of methoxy groups -OCH3 is 1. The zero-order valence-electron chi connectivity index (χ0n) is 13.3. The minimum Gasteiger partial charge on any atom is -0.497 e. The largest absolute Gasteiger partial charge is 0.497 e. The molecule has 1 aromatic heterocycles. The third-order valence-electron chi connectivity index (χ3n) is 3.73. The number of aromatic nitrogens is 1. The summed E-state index contributed by atoms with van der Waals surface area (Å²) in [6, 6.07) is 14.9. The molecule has 2 aromatic carbocycles. The molecule has 0 aliphatic rings. The van der Waals surface area contributed by atoms with E-state index >= 15 is 0 Å². The summed E-state index contributed by atoms with van der Waals surface area (Å²) in [7, 11) is 1.63. The minimum atomic E-state index is 0.0181. The van der Waals surface area contributed by atoms with E-state index in [1.54, 1.807) is 11.7 Å². The SMILES string of the molecule is CCCn1ccc2c(Oc3ccc(OC)cc3)cccc2c1=O. The van der Waals surface area contributed by atoms with E-state index in [1.807, 2.05) is 54.7 Å². The predicted molar refractivity (Wildman–Crippen MR) is 91.6 cm³/mol. The molecule has 0 aliphatic heterocycles. The van der Waals surface area contributed by atoms with E-state index in [2.05, 4.69) is 6.92 Å². The highest BCUT2D eigenvalue weighted by Gasteiger charge is 2.08. The lowest BCUT2D eigenvalue weighted by Gasteiger charge is -2.11. The number of benzene rings is 2. The molecule has 0 saturated heterocycles. The number of aryl methyl sites for hydroxylation is 1. The van der Waals surface area contributed by atoms with Crippen molar-refractivity contribution in [3.8, 4) is 17.2 Å². The second-order valence-electron chi connectivity index (χ2n) is 5.31. The molecule has 23 heavy (non-hydrogen) atoms. The van der Waals surface area contributed by atoms with Gasteiger partial charge in [0.05, 0.1) is 12.5 Å². The first-order chi connectivity index (χ1) is 11.2. The third-order valence-corrected chi connectivity index (χ3v) is 3.73. The Morgan fingerprint density at radius 3 is 2.39 bits per heavy atom. The van der Waals surface area contributed by atoms with Gasteiger partial charge in [-0.15, -0.1) is 0 Å². The second-order valence-corrected chi connectivity index (χ2v) is 5.31. The van der Waals surface area contributed by atoms with Gasteiger partial charge in [-0.3, -0.25) is 4.79 Å². The second kappa shape index (κ2) is 6.57. The molecule has 0 aliphatic carbocycles. The van der Waals surface area contributed by atoms with Crippen LogP contribution in [-0.2, 0) is 6.54 Å². The van der Waals surface area contributed by atoms with E-state index in [-0.39, 0.29) is 5.56 Å². The van der Waals surface area contributed by atoms with Crippen LogP contribution in [0.1, 0.15) is 13.3 Å². The molecule has 0 spiro atoms. The molecule has 0 saturated carbocycles. The first-order valence-electron chi connectivity index (χ1n) is 7.67. The molecule has 3 rings (SSSR count). The topological polar surface area (TPSA) is 40.5 Å². The number of hydrogen-bond acceptors (Lipinski definition) is 3. The van der Waals surface area contributed by atoms with E-state index in [0.29, 0.717) is 16.9 Å². The summed E-state index contributed by atoms with van der Waals surface area (Å²) in [6.45, 7) is 2.78. The molecule has 0 bridgehead atoms. The number of rotatable bonds is 5. The van der Waals surface area contributed by atoms with E-state index < -0.39 is 0 Å². The predicted octanol–water partition coefficient (Wildman–Crippen LogP) is 4.21. The van der Waals surface area contributed by atoms with Gasteiger partial charge in [-0.25, -0.2) is 0 Å². The Balaban J connectivity index is 2.00. The van der Waals surface area contributed by atoms with Gasteiger partial charge in [-0.1, -0.05) is 13.0 Å². The van der Waals surface area contributed by atoms with Crippen LogP contribution < -0.4 is 15.0 Å². The fraction of sp³-hybridized carbons (Fsp3) is 0.211. The number of nitrogens with zero attached hydrogens (tertiary/aromatic N) is 1. The quantitative estimate of drug-likeness (QED) is 0.709. The van der Waals surface area contributed by atoms with Crippen molar-refractivity contribution >= 4 is 10.8 Å². The lowest BCUT2D eigenvalue weighted by molar-refractivity contribution is 0.413. The highest BCUT2D eigenvalue weighted by molar-refractivity contribution is 5.87. The van der Waals surface area contributed by atoms with Gasteiger partial charge >= 0.3 is 0 Å². The van der Waals surface area contributed by atoms with Crippen molar-refractivity contribution < 1.29 is 9.47 Å². The Labute approximate surface area is 134 Å². The van der Waals surface area contributed by atoms with Crippen LogP contribution in [0.3, 0.4) is 0 Å². The average Bonchev–Trinajstić information content (AvgIpc) is 2.59. The van der Waals surface area contributed by atoms with E-state index in [0.717, 1.165) is 24.1 Å². The smallest absolute Gasteiger partial charge is 0.258 e. The number of hydrogen-bond donors (Lipinski definition) is 0. The zero-order chi connectivity index (χ0) is 16.2. The monoisotopic (exact) mass is 309 g/mol. The summed E-state index contributed by atoms with van der Waals surface area (Å²) in [6.07, 6.45) is 2.75. The zero-order valence-corrected chi connectivity index (χ0v) is 13.3. The first-order valence-corrected chi connectivity index (χ1v) is 7.67. The summed E-state index contributed by atoms with van der Waals surface area (Å²) >= 11 is 0. The van der Waals surface area contributed by atoms with Crippen LogP contribution in [0, 0.1) is 0 Å². The molecule has 118 valence electrons. The molecular weight excluding hydrogens is 290 g/mol. The van der Waals surface area contributed by atoms with Gasteiger partial charge in [0.15, 0.2) is 0 Å². The third kappa shape index (κ3) is 3.06. The maximum absolute atomic E-state index is 12.5. The van der Waals surface area contributed by atoms with Crippen LogP contribution >= 0.6 is 0 Å². The molecule has 4 nitrogen and oxygen atoms in total. The highest BCUT2D eigenvalue weighted by Crippen LogP contribution is 2.29. The van der Waals surface area contributed by atoms with Gasteiger partial charge in [0.2, 0.25) is 0 Å². The Morgan fingerprint density at radius 1 is 0.957 bits per heavy atom. The summed E-state index contributed by atoms with van der Waals surface area (Å²) in [4.78, 5) is 12.5. The first kappa shape index (κ1) is 15.2. The number of ether oxygens (including phenoxy) is 2. The molecule has 1 heterocycles. The summed E-state index contributed by atoms with van der Waals surface area (Å²) in [5.74, 6) is 2.15. The van der Waals surface area contributed by atoms with E-state index in [4.69, 9.17) is 9.47 Å². The van der Waals surface area contributed by atoms with Crippen molar-refractivity contribution in [1.82, 2.24) is 4.57 Å². The molecule has 0 N–H and O–H groups in total. The van der Waals surface area contributed by atoms with Crippen molar-refractivity contribution in [2.24, 2.45) is 0 Å². The average molecular weight is 309 g/mol. The summed E-state index contributed by atoms with van der Waals surface area (Å²) in [5, 5.41) is 1.49. The molecule has 0 unspecified atom stereocenters. The van der Waals surface area contributed by atoms with Gasteiger partial charge in [0.1, 0.15) is 17.2 Å². The Hall–Kier alpha value is -2.75. The molecule has 0 amide bonds. The molecular formula is C19H19NO3. The summed E-state index contributed by atoms with van der Waals surface area (Å²) in [5.41, 5.74) is 0.0181. The van der Waals surface area contributed by atoms with Crippen molar-refractivity contribution in [1.29, 1.82) is 0 Å². The minimum absolute atomic E-state index is 0.0181. The van der Waals surface area contributed by atoms with Crippen LogP contribution in [0.25, 0.3) is 10.8 Å². The van der Waals surface area contributed by atoms with E-state index in [9.17, 15) is 4.79 Å². The maximum atomic E-state index is 12.5. The summed E-state index contributed by atoms with van der Waals surface area (Å²) < 4.78 is 12.8. The Kier molecular flexibility index (Phi) is 4.33. The van der Waals surface area contributed by atoms with Gasteiger partial charge in [0.25, 0.3) is 5.56 Å². The fourth-order valence-corrected chi connectivity index (χ4v) is 2.57. The van der Waals surface area contributed by atoms with Crippen molar-refractivity contribution in [3.05, 3.63) is 65.1 Å². The van der Waals surface area contributed by atoms with Crippen molar-refractivity contribution in [2.45, 2.75) is 19.9 Å². The number of pyridine rings is 1. The van der Waals surface area contributed by atoms with Crippen LogP contribution in [0.4, 0.5) is 0 Å². The molecule has 0 radical (unpaired) electrons. The molecule has 3 aromatic rings. The van der Waals surface area contributed by atoms with Crippen LogP contribution in [0.2, 0.25) is 0 Å². The van der Waals surface area contributed by atoms with Gasteiger partial charge < -0.3 is 14.0 Å². The Bertz CT molecular complexity index is 866. The van der Waals surface area contributed by atoms with Crippen molar-refractivity contribution in [3.63, 3.8) is 0 Å². The van der Waals surface area contributed by atoms with Gasteiger partial charge in [-0.05, 0) is 48.9 Å². The number of fused-ring (bicyclic) bond motifs is 1. The molecule has 0 fully saturated rings. The molecule has 0 atom stereocenters. The standard InChI is InChI=1S/C19H19NO3/c1-3-12-20-13-11-16-17(19(20)21)5-4-6-18(16)23-15-9-7-14(22-2)8-10-15/h4-11,13H,3,12H2,1-2H3. The van der Waals surface area contributed by atoms with Crippen LogP contribution in [0.15, 0.2) is 59.5 Å². The van der Waals surface area contributed by atoms with Crippen LogP contribution in [0.5, 0.6) is 17.2 Å². The fourth-order valence-electron chi connectivity index (χ4n) is 2.57.